The molecule has 21 heavy (non-hydrogen) atoms. The molecule has 2 aromatic rings. The molecule has 1 N–H and O–H groups in total. The summed E-state index contributed by atoms with van der Waals surface area (Å²) in [7, 11) is 1.69. The molecule has 0 aromatic heterocycles. The predicted octanol–water partition coefficient (Wildman–Crippen LogP) is 3.87. The Bertz CT molecular complexity index is 633. The molecule has 0 aliphatic rings. The van der Waals surface area contributed by atoms with Gasteiger partial charge in [-0.2, -0.15) is 0 Å². The van der Waals surface area contributed by atoms with Crippen LogP contribution in [0.15, 0.2) is 36.4 Å². The number of ether oxygens (including phenoxy) is 1. The summed E-state index contributed by atoms with van der Waals surface area (Å²) in [5.74, 6) is 5.36. The molecule has 0 amide bonds. The van der Waals surface area contributed by atoms with Crippen LogP contribution in [0.5, 0.6) is 5.75 Å². The smallest absolute Gasteiger partial charge is 0.119 e. The number of nitrogens with one attached hydrogen (secondary N) is 1. The van der Waals surface area contributed by atoms with Crippen molar-refractivity contribution in [3.8, 4) is 18.1 Å². The quantitative estimate of drug-likeness (QED) is 0.619. The van der Waals surface area contributed by atoms with Gasteiger partial charge in [-0.3, -0.25) is 0 Å². The van der Waals surface area contributed by atoms with Crippen molar-refractivity contribution in [1.29, 1.82) is 0 Å². The van der Waals surface area contributed by atoms with Crippen molar-refractivity contribution in [2.45, 2.75) is 13.0 Å². The van der Waals surface area contributed by atoms with E-state index in [1.165, 1.54) is 16.3 Å². The van der Waals surface area contributed by atoms with E-state index in [1.54, 1.807) is 18.9 Å². The number of hydrogen-bond acceptors (Lipinski definition) is 3. The summed E-state index contributed by atoms with van der Waals surface area (Å²) in [5, 5.41) is 5.97. The summed E-state index contributed by atoms with van der Waals surface area (Å²) in [5.41, 5.74) is 1.30. The van der Waals surface area contributed by atoms with Crippen molar-refractivity contribution in [3.63, 3.8) is 0 Å². The van der Waals surface area contributed by atoms with Crippen molar-refractivity contribution in [1.82, 2.24) is 5.32 Å². The Morgan fingerprint density at radius 3 is 2.76 bits per heavy atom. The highest BCUT2D eigenvalue weighted by atomic mass is 32.2. The molecule has 0 saturated carbocycles. The molecule has 1 atom stereocenters. The molecule has 0 bridgehead atoms. The number of fused-ring (bicyclic) bond motifs is 1. The molecule has 1 unspecified atom stereocenters. The number of hydrogen-bond donors (Lipinski definition) is 1. The van der Waals surface area contributed by atoms with Gasteiger partial charge in [-0.05, 0) is 41.5 Å². The normalized spacial score (nSPS) is 12.0. The van der Waals surface area contributed by atoms with Crippen LogP contribution in [0.4, 0.5) is 0 Å². The Balaban J connectivity index is 2.00. The second-order valence-electron chi connectivity index (χ2n) is 4.91. The van der Waals surface area contributed by atoms with Gasteiger partial charge in [0, 0.05) is 18.3 Å². The Labute approximate surface area is 131 Å². The van der Waals surface area contributed by atoms with Crippen molar-refractivity contribution >= 4 is 22.5 Å². The van der Waals surface area contributed by atoms with Crippen LogP contribution < -0.4 is 10.1 Å². The fourth-order valence-corrected chi connectivity index (χ4v) is 2.76. The SMILES string of the molecule is C#CCSCCNC(C)c1ccc2cc(OC)ccc2c1. The van der Waals surface area contributed by atoms with E-state index < -0.39 is 0 Å². The molecule has 2 nitrogen and oxygen atoms in total. The number of methoxy groups -OCH3 is 1. The average Bonchev–Trinajstić information content (AvgIpc) is 2.53. The molecule has 110 valence electrons. The van der Waals surface area contributed by atoms with Crippen LogP contribution in [-0.2, 0) is 0 Å². The highest BCUT2D eigenvalue weighted by Crippen LogP contribution is 2.24. The van der Waals surface area contributed by atoms with Crippen molar-refractivity contribution in [2.24, 2.45) is 0 Å². The number of rotatable bonds is 7. The second-order valence-corrected chi connectivity index (χ2v) is 6.01. The number of terminal acetylenes is 1. The van der Waals surface area contributed by atoms with Gasteiger partial charge in [0.1, 0.15) is 5.75 Å². The standard InChI is InChI=1S/C18H21NOS/c1-4-10-21-11-9-19-14(2)15-5-6-17-13-18(20-3)8-7-16(17)12-15/h1,5-8,12-14,19H,9-11H2,2-3H3. The molecule has 0 aliphatic carbocycles. The molecule has 3 heteroatoms. The van der Waals surface area contributed by atoms with Crippen molar-refractivity contribution in [2.75, 3.05) is 25.2 Å². The zero-order valence-corrected chi connectivity index (χ0v) is 13.4. The zero-order valence-electron chi connectivity index (χ0n) is 12.6. The first kappa shape index (κ1) is 15.8. The predicted molar refractivity (Wildman–Crippen MR) is 93.1 cm³/mol. The maximum Gasteiger partial charge on any atom is 0.119 e. The first-order valence-corrected chi connectivity index (χ1v) is 8.22. The van der Waals surface area contributed by atoms with Gasteiger partial charge < -0.3 is 10.1 Å². The van der Waals surface area contributed by atoms with Gasteiger partial charge in [-0.1, -0.05) is 24.1 Å². The van der Waals surface area contributed by atoms with Gasteiger partial charge in [0.2, 0.25) is 0 Å². The molecule has 0 saturated heterocycles. The lowest BCUT2D eigenvalue weighted by atomic mass is 10.0. The van der Waals surface area contributed by atoms with Crippen LogP contribution in [0.1, 0.15) is 18.5 Å². The maximum absolute atomic E-state index is 5.26. The van der Waals surface area contributed by atoms with Gasteiger partial charge in [0.25, 0.3) is 0 Å². The lowest BCUT2D eigenvalue weighted by Gasteiger charge is -2.15. The third-order valence-electron chi connectivity index (χ3n) is 3.45. The molecular formula is C18H21NOS. The molecule has 0 fully saturated rings. The highest BCUT2D eigenvalue weighted by Gasteiger charge is 2.06. The van der Waals surface area contributed by atoms with Crippen LogP contribution in [0.25, 0.3) is 10.8 Å². The molecule has 2 rings (SSSR count). The van der Waals surface area contributed by atoms with E-state index in [4.69, 9.17) is 11.2 Å². The van der Waals surface area contributed by atoms with E-state index in [-0.39, 0.29) is 0 Å². The number of benzene rings is 2. The van der Waals surface area contributed by atoms with Gasteiger partial charge >= 0.3 is 0 Å². The van der Waals surface area contributed by atoms with E-state index >= 15 is 0 Å². The third-order valence-corrected chi connectivity index (χ3v) is 4.32. The summed E-state index contributed by atoms with van der Waals surface area (Å²) in [6, 6.07) is 13.1. The maximum atomic E-state index is 5.26. The van der Waals surface area contributed by atoms with Crippen LogP contribution in [0.3, 0.4) is 0 Å². The lowest BCUT2D eigenvalue weighted by molar-refractivity contribution is 0.415. The Kier molecular flexibility index (Phi) is 5.98. The van der Waals surface area contributed by atoms with E-state index in [2.05, 4.69) is 48.5 Å². The summed E-state index contributed by atoms with van der Waals surface area (Å²) in [4.78, 5) is 0. The average molecular weight is 299 g/mol. The van der Waals surface area contributed by atoms with E-state index in [9.17, 15) is 0 Å². The molecule has 0 spiro atoms. The minimum atomic E-state index is 0.336. The fourth-order valence-electron chi connectivity index (χ4n) is 2.24. The van der Waals surface area contributed by atoms with Crippen LogP contribution in [0, 0.1) is 12.3 Å². The Hall–Kier alpha value is -1.63. The molecular weight excluding hydrogens is 278 g/mol. The summed E-state index contributed by atoms with van der Waals surface area (Å²) in [6.07, 6.45) is 5.23. The Morgan fingerprint density at radius 1 is 1.24 bits per heavy atom. The second kappa shape index (κ2) is 7.97. The monoisotopic (exact) mass is 299 g/mol. The largest absolute Gasteiger partial charge is 0.497 e. The minimum Gasteiger partial charge on any atom is -0.497 e. The summed E-state index contributed by atoms with van der Waals surface area (Å²) < 4.78 is 5.26. The first-order valence-electron chi connectivity index (χ1n) is 7.07. The zero-order chi connectivity index (χ0) is 15.1. The fraction of sp³-hybridized carbons (Fsp3) is 0.333. The van der Waals surface area contributed by atoms with Gasteiger partial charge in [0.15, 0.2) is 0 Å². The van der Waals surface area contributed by atoms with Gasteiger partial charge in [-0.15, -0.1) is 18.2 Å². The molecule has 0 radical (unpaired) electrons. The van der Waals surface area contributed by atoms with Crippen molar-refractivity contribution < 1.29 is 4.74 Å². The van der Waals surface area contributed by atoms with Gasteiger partial charge in [0.05, 0.1) is 12.9 Å². The van der Waals surface area contributed by atoms with Crippen LogP contribution in [0.2, 0.25) is 0 Å². The summed E-state index contributed by atoms with van der Waals surface area (Å²) in [6.45, 7) is 3.16. The number of thioether (sulfide) groups is 1. The first-order chi connectivity index (χ1) is 10.2. The van der Waals surface area contributed by atoms with E-state index in [0.29, 0.717) is 6.04 Å². The minimum absolute atomic E-state index is 0.336. The molecule has 2 aromatic carbocycles. The lowest BCUT2D eigenvalue weighted by Crippen LogP contribution is -2.21. The van der Waals surface area contributed by atoms with E-state index in [0.717, 1.165) is 23.8 Å². The summed E-state index contributed by atoms with van der Waals surface area (Å²) >= 11 is 1.78. The molecule has 0 aliphatic heterocycles. The van der Waals surface area contributed by atoms with E-state index in [1.807, 2.05) is 6.07 Å². The molecule has 0 heterocycles. The topological polar surface area (TPSA) is 21.3 Å². The Morgan fingerprint density at radius 2 is 2.00 bits per heavy atom. The van der Waals surface area contributed by atoms with Gasteiger partial charge in [-0.25, -0.2) is 0 Å². The van der Waals surface area contributed by atoms with Crippen LogP contribution in [-0.4, -0.2) is 25.2 Å². The third kappa shape index (κ3) is 4.42. The van der Waals surface area contributed by atoms with Crippen molar-refractivity contribution in [3.05, 3.63) is 42.0 Å². The van der Waals surface area contributed by atoms with Crippen LogP contribution >= 0.6 is 11.8 Å². The highest BCUT2D eigenvalue weighted by molar-refractivity contribution is 7.99.